The Bertz CT molecular complexity index is 768. The number of hydrogen-bond donors (Lipinski definition) is 0. The maximum atomic E-state index is 2.25. The van der Waals surface area contributed by atoms with Gasteiger partial charge in [-0.1, -0.05) is 36.4 Å². The standard InChI is InChI=1S/C18H12S2/c1-2-4-18-16(14-8-10-20-12-14)6-5-15(17(18)3-1)13-7-9-19-11-13/h1-12H. The van der Waals surface area contributed by atoms with Gasteiger partial charge in [0.1, 0.15) is 0 Å². The highest BCUT2D eigenvalue weighted by molar-refractivity contribution is 7.08. The molecular weight excluding hydrogens is 280 g/mol. The first-order chi connectivity index (χ1) is 9.93. The second-order valence-corrected chi connectivity index (χ2v) is 6.29. The minimum Gasteiger partial charge on any atom is -0.152 e. The second-order valence-electron chi connectivity index (χ2n) is 4.73. The summed E-state index contributed by atoms with van der Waals surface area (Å²) < 4.78 is 0. The monoisotopic (exact) mass is 292 g/mol. The Balaban J connectivity index is 2.05. The van der Waals surface area contributed by atoms with Gasteiger partial charge in [0.2, 0.25) is 0 Å². The molecule has 0 N–H and O–H groups in total. The van der Waals surface area contributed by atoms with Gasteiger partial charge in [0, 0.05) is 0 Å². The quantitative estimate of drug-likeness (QED) is 0.407. The van der Waals surface area contributed by atoms with E-state index in [0.717, 1.165) is 0 Å². The number of benzene rings is 2. The van der Waals surface area contributed by atoms with Gasteiger partial charge in [-0.25, -0.2) is 0 Å². The lowest BCUT2D eigenvalue weighted by Gasteiger charge is -2.09. The Morgan fingerprint density at radius 3 is 1.45 bits per heavy atom. The Morgan fingerprint density at radius 2 is 1.05 bits per heavy atom. The van der Waals surface area contributed by atoms with Gasteiger partial charge in [0.05, 0.1) is 0 Å². The number of fused-ring (bicyclic) bond motifs is 1. The molecule has 0 aliphatic carbocycles. The molecule has 4 aromatic rings. The summed E-state index contributed by atoms with van der Waals surface area (Å²) in [6.45, 7) is 0. The lowest BCUT2D eigenvalue weighted by atomic mass is 9.94. The minimum atomic E-state index is 1.31. The van der Waals surface area contributed by atoms with Crippen LogP contribution in [-0.2, 0) is 0 Å². The Hall–Kier alpha value is -1.90. The van der Waals surface area contributed by atoms with E-state index in [9.17, 15) is 0 Å². The number of thiophene rings is 2. The molecule has 0 unspecified atom stereocenters. The molecule has 0 radical (unpaired) electrons. The van der Waals surface area contributed by atoms with E-state index in [2.05, 4.69) is 70.1 Å². The van der Waals surface area contributed by atoms with Crippen LogP contribution >= 0.6 is 22.7 Å². The average Bonchev–Trinajstić information content (AvgIpc) is 3.19. The van der Waals surface area contributed by atoms with Crippen molar-refractivity contribution in [3.8, 4) is 22.3 Å². The second kappa shape index (κ2) is 4.89. The highest BCUT2D eigenvalue weighted by atomic mass is 32.1. The first-order valence-electron chi connectivity index (χ1n) is 6.50. The van der Waals surface area contributed by atoms with E-state index in [-0.39, 0.29) is 0 Å². The van der Waals surface area contributed by atoms with E-state index >= 15 is 0 Å². The van der Waals surface area contributed by atoms with E-state index in [0.29, 0.717) is 0 Å². The van der Waals surface area contributed by atoms with Crippen LogP contribution in [0.1, 0.15) is 0 Å². The molecule has 0 nitrogen and oxygen atoms in total. The van der Waals surface area contributed by atoms with Crippen LogP contribution in [0.5, 0.6) is 0 Å². The lowest BCUT2D eigenvalue weighted by Crippen LogP contribution is -1.83. The van der Waals surface area contributed by atoms with Crippen LogP contribution < -0.4 is 0 Å². The van der Waals surface area contributed by atoms with Crippen LogP contribution in [0.4, 0.5) is 0 Å². The summed E-state index contributed by atoms with van der Waals surface area (Å²) >= 11 is 3.49. The summed E-state index contributed by atoms with van der Waals surface area (Å²) in [5, 5.41) is 11.4. The maximum Gasteiger partial charge on any atom is -0.00145 e. The summed E-state index contributed by atoms with van der Waals surface area (Å²) in [6.07, 6.45) is 0. The van der Waals surface area contributed by atoms with Crippen molar-refractivity contribution >= 4 is 33.4 Å². The van der Waals surface area contributed by atoms with Gasteiger partial charge in [0.15, 0.2) is 0 Å². The van der Waals surface area contributed by atoms with Crippen LogP contribution in [0.25, 0.3) is 33.0 Å². The number of hydrogen-bond acceptors (Lipinski definition) is 2. The van der Waals surface area contributed by atoms with Crippen LogP contribution in [0, 0.1) is 0 Å². The van der Waals surface area contributed by atoms with Crippen LogP contribution in [0.15, 0.2) is 70.1 Å². The number of rotatable bonds is 2. The van der Waals surface area contributed by atoms with Crippen molar-refractivity contribution in [1.29, 1.82) is 0 Å². The largest absolute Gasteiger partial charge is 0.152 e. The first-order valence-corrected chi connectivity index (χ1v) is 8.39. The van der Waals surface area contributed by atoms with Crippen molar-refractivity contribution in [2.75, 3.05) is 0 Å². The van der Waals surface area contributed by atoms with E-state index < -0.39 is 0 Å². The van der Waals surface area contributed by atoms with Gasteiger partial charge >= 0.3 is 0 Å². The molecule has 0 fully saturated rings. The molecule has 96 valence electrons. The van der Waals surface area contributed by atoms with Crippen LogP contribution in [-0.4, -0.2) is 0 Å². The molecule has 0 bridgehead atoms. The van der Waals surface area contributed by atoms with Crippen molar-refractivity contribution in [2.24, 2.45) is 0 Å². The van der Waals surface area contributed by atoms with Crippen molar-refractivity contribution in [3.63, 3.8) is 0 Å². The van der Waals surface area contributed by atoms with Crippen molar-refractivity contribution in [3.05, 3.63) is 70.1 Å². The third-order valence-electron chi connectivity index (χ3n) is 3.59. The molecule has 0 saturated carbocycles. The predicted molar refractivity (Wildman–Crippen MR) is 90.6 cm³/mol. The molecule has 0 aliphatic heterocycles. The predicted octanol–water partition coefficient (Wildman–Crippen LogP) is 6.30. The van der Waals surface area contributed by atoms with Gasteiger partial charge in [0.25, 0.3) is 0 Å². The van der Waals surface area contributed by atoms with Gasteiger partial charge in [-0.2, -0.15) is 22.7 Å². The molecular formula is C18H12S2. The third-order valence-corrected chi connectivity index (χ3v) is 4.95. The van der Waals surface area contributed by atoms with Crippen molar-refractivity contribution < 1.29 is 0 Å². The Kier molecular flexibility index (Phi) is 2.91. The van der Waals surface area contributed by atoms with E-state index in [1.165, 1.54) is 33.0 Å². The summed E-state index contributed by atoms with van der Waals surface area (Å²) in [6, 6.07) is 17.6. The smallest absolute Gasteiger partial charge is 0.00145 e. The van der Waals surface area contributed by atoms with Crippen molar-refractivity contribution in [2.45, 2.75) is 0 Å². The average molecular weight is 292 g/mol. The Labute approximate surface area is 126 Å². The molecule has 2 aromatic heterocycles. The molecule has 0 aliphatic rings. The molecule has 4 rings (SSSR count). The molecule has 2 aromatic carbocycles. The van der Waals surface area contributed by atoms with Gasteiger partial charge in [-0.15, -0.1) is 0 Å². The third kappa shape index (κ3) is 1.89. The lowest BCUT2D eigenvalue weighted by molar-refractivity contribution is 1.70. The fraction of sp³-hybridized carbons (Fsp3) is 0. The molecule has 0 spiro atoms. The van der Waals surface area contributed by atoms with E-state index in [4.69, 9.17) is 0 Å². The summed E-state index contributed by atoms with van der Waals surface area (Å²) in [4.78, 5) is 0. The van der Waals surface area contributed by atoms with Crippen molar-refractivity contribution in [1.82, 2.24) is 0 Å². The van der Waals surface area contributed by atoms with Gasteiger partial charge < -0.3 is 0 Å². The topological polar surface area (TPSA) is 0 Å². The van der Waals surface area contributed by atoms with Crippen LogP contribution in [0.2, 0.25) is 0 Å². The maximum absolute atomic E-state index is 2.25. The molecule has 2 heteroatoms. The van der Waals surface area contributed by atoms with E-state index in [1.807, 2.05) is 0 Å². The van der Waals surface area contributed by atoms with Gasteiger partial charge in [-0.3, -0.25) is 0 Å². The normalized spacial score (nSPS) is 11.0. The zero-order valence-corrected chi connectivity index (χ0v) is 12.4. The first kappa shape index (κ1) is 11.9. The fourth-order valence-electron chi connectivity index (χ4n) is 2.64. The SMILES string of the molecule is c1ccc2c(-c3ccsc3)ccc(-c3ccsc3)c2c1. The fourth-order valence-corrected chi connectivity index (χ4v) is 3.95. The zero-order chi connectivity index (χ0) is 13.4. The Morgan fingerprint density at radius 1 is 0.550 bits per heavy atom. The molecule has 2 heterocycles. The molecule has 0 saturated heterocycles. The molecule has 0 atom stereocenters. The van der Waals surface area contributed by atoms with Gasteiger partial charge in [-0.05, 0) is 66.7 Å². The summed E-state index contributed by atoms with van der Waals surface area (Å²) in [7, 11) is 0. The van der Waals surface area contributed by atoms with E-state index in [1.54, 1.807) is 22.7 Å². The van der Waals surface area contributed by atoms with Crippen LogP contribution in [0.3, 0.4) is 0 Å². The highest BCUT2D eigenvalue weighted by Gasteiger charge is 2.09. The summed E-state index contributed by atoms with van der Waals surface area (Å²) in [5.41, 5.74) is 5.26. The molecule has 20 heavy (non-hydrogen) atoms. The highest BCUT2D eigenvalue weighted by Crippen LogP contribution is 2.36. The summed E-state index contributed by atoms with van der Waals surface area (Å²) in [5.74, 6) is 0. The molecule has 0 amide bonds. The minimum absolute atomic E-state index is 1.31. The zero-order valence-electron chi connectivity index (χ0n) is 10.7.